The molecule has 4 heteroatoms. The van der Waals surface area contributed by atoms with Crippen molar-refractivity contribution in [1.82, 2.24) is 0 Å². The molecule has 1 fully saturated rings. The van der Waals surface area contributed by atoms with Crippen LogP contribution >= 0.6 is 0 Å². The van der Waals surface area contributed by atoms with E-state index in [0.29, 0.717) is 5.76 Å². The van der Waals surface area contributed by atoms with Gasteiger partial charge in [0.05, 0.1) is 19.1 Å². The SMILES string of the molecule is O=C1CC(c2ccco2)CC(=O)O1. The number of hydrogen-bond donors (Lipinski definition) is 0. The van der Waals surface area contributed by atoms with Gasteiger partial charge in [-0.15, -0.1) is 0 Å². The Morgan fingerprint density at radius 2 is 1.92 bits per heavy atom. The summed E-state index contributed by atoms with van der Waals surface area (Å²) in [4.78, 5) is 21.8. The first-order valence-corrected chi connectivity index (χ1v) is 4.02. The van der Waals surface area contributed by atoms with E-state index in [1.165, 1.54) is 6.26 Å². The third-order valence-electron chi connectivity index (χ3n) is 2.00. The molecule has 0 atom stereocenters. The number of hydrogen-bond acceptors (Lipinski definition) is 4. The maximum absolute atomic E-state index is 10.9. The van der Waals surface area contributed by atoms with Crippen LogP contribution in [0.5, 0.6) is 0 Å². The molecule has 4 nitrogen and oxygen atoms in total. The lowest BCUT2D eigenvalue weighted by molar-refractivity contribution is -0.164. The van der Waals surface area contributed by atoms with E-state index in [1.807, 2.05) is 0 Å². The van der Waals surface area contributed by atoms with Gasteiger partial charge >= 0.3 is 11.9 Å². The number of ether oxygens (including phenoxy) is 1. The van der Waals surface area contributed by atoms with Gasteiger partial charge in [-0.3, -0.25) is 9.59 Å². The highest BCUT2D eigenvalue weighted by molar-refractivity contribution is 5.89. The molecule has 68 valence electrons. The van der Waals surface area contributed by atoms with Gasteiger partial charge in [-0.25, -0.2) is 0 Å². The highest BCUT2D eigenvalue weighted by atomic mass is 16.6. The minimum atomic E-state index is -0.474. The second-order valence-electron chi connectivity index (χ2n) is 2.97. The first-order valence-electron chi connectivity index (χ1n) is 4.02. The largest absolute Gasteiger partial charge is 0.469 e. The van der Waals surface area contributed by atoms with Crippen molar-refractivity contribution in [2.75, 3.05) is 0 Å². The Morgan fingerprint density at radius 3 is 2.46 bits per heavy atom. The Bertz CT molecular complexity index is 309. The zero-order chi connectivity index (χ0) is 9.26. The van der Waals surface area contributed by atoms with Gasteiger partial charge in [0.1, 0.15) is 5.76 Å². The van der Waals surface area contributed by atoms with Crippen LogP contribution in [-0.2, 0) is 14.3 Å². The van der Waals surface area contributed by atoms with E-state index < -0.39 is 11.9 Å². The summed E-state index contributed by atoms with van der Waals surface area (Å²) in [7, 11) is 0. The van der Waals surface area contributed by atoms with E-state index in [0.717, 1.165) is 0 Å². The molecular weight excluding hydrogens is 172 g/mol. The summed E-state index contributed by atoms with van der Waals surface area (Å²) in [5.74, 6) is -0.427. The fourth-order valence-electron chi connectivity index (χ4n) is 1.41. The van der Waals surface area contributed by atoms with Crippen LogP contribution in [0.2, 0.25) is 0 Å². The molecule has 1 aliphatic rings. The molecule has 0 spiro atoms. The van der Waals surface area contributed by atoms with Crippen LogP contribution in [0.4, 0.5) is 0 Å². The molecule has 0 amide bonds. The molecular formula is C9H8O4. The number of cyclic esters (lactones) is 2. The van der Waals surface area contributed by atoms with Crippen molar-refractivity contribution in [1.29, 1.82) is 0 Å². The van der Waals surface area contributed by atoms with Crippen molar-refractivity contribution in [3.8, 4) is 0 Å². The molecule has 1 saturated heterocycles. The molecule has 0 radical (unpaired) electrons. The minimum absolute atomic E-state index is 0.149. The summed E-state index contributed by atoms with van der Waals surface area (Å²) in [6.07, 6.45) is 1.97. The fraction of sp³-hybridized carbons (Fsp3) is 0.333. The highest BCUT2D eigenvalue weighted by Gasteiger charge is 2.29. The van der Waals surface area contributed by atoms with Crippen LogP contribution in [0.3, 0.4) is 0 Å². The van der Waals surface area contributed by atoms with Crippen molar-refractivity contribution >= 4 is 11.9 Å². The summed E-state index contributed by atoms with van der Waals surface area (Å²) < 4.78 is 9.50. The van der Waals surface area contributed by atoms with Gasteiger partial charge in [0.15, 0.2) is 0 Å². The monoisotopic (exact) mass is 180 g/mol. The Hall–Kier alpha value is -1.58. The van der Waals surface area contributed by atoms with Gasteiger partial charge < -0.3 is 9.15 Å². The number of carbonyl (C=O) groups is 2. The third kappa shape index (κ3) is 1.61. The second-order valence-corrected chi connectivity index (χ2v) is 2.97. The Labute approximate surface area is 74.5 Å². The molecule has 2 heterocycles. The van der Waals surface area contributed by atoms with Gasteiger partial charge in [0.2, 0.25) is 0 Å². The maximum Gasteiger partial charge on any atom is 0.314 e. The van der Waals surface area contributed by atoms with Gasteiger partial charge in [0, 0.05) is 5.92 Å². The molecule has 0 aromatic carbocycles. The predicted octanol–water partition coefficient (Wildman–Crippen LogP) is 1.23. The van der Waals surface area contributed by atoms with Gasteiger partial charge in [0.25, 0.3) is 0 Å². The summed E-state index contributed by atoms with van der Waals surface area (Å²) >= 11 is 0. The van der Waals surface area contributed by atoms with Crippen LogP contribution < -0.4 is 0 Å². The molecule has 1 aliphatic heterocycles. The van der Waals surface area contributed by atoms with E-state index >= 15 is 0 Å². The van der Waals surface area contributed by atoms with Crippen LogP contribution in [0.1, 0.15) is 24.5 Å². The van der Waals surface area contributed by atoms with E-state index in [1.54, 1.807) is 12.1 Å². The highest BCUT2D eigenvalue weighted by Crippen LogP contribution is 2.28. The van der Waals surface area contributed by atoms with Crippen molar-refractivity contribution < 1.29 is 18.7 Å². The summed E-state index contributed by atoms with van der Waals surface area (Å²) in [5.41, 5.74) is 0. The van der Waals surface area contributed by atoms with Crippen LogP contribution in [0, 0.1) is 0 Å². The van der Waals surface area contributed by atoms with Crippen LogP contribution in [0.15, 0.2) is 22.8 Å². The van der Waals surface area contributed by atoms with Gasteiger partial charge in [-0.2, -0.15) is 0 Å². The molecule has 1 aromatic heterocycles. The molecule has 0 N–H and O–H groups in total. The Morgan fingerprint density at radius 1 is 1.23 bits per heavy atom. The van der Waals surface area contributed by atoms with Crippen molar-refractivity contribution in [3.63, 3.8) is 0 Å². The maximum atomic E-state index is 10.9. The zero-order valence-corrected chi connectivity index (χ0v) is 6.86. The first-order chi connectivity index (χ1) is 6.25. The topological polar surface area (TPSA) is 56.5 Å². The summed E-state index contributed by atoms with van der Waals surface area (Å²) in [5, 5.41) is 0. The number of esters is 2. The number of furan rings is 1. The summed E-state index contributed by atoms with van der Waals surface area (Å²) in [6, 6.07) is 3.50. The molecule has 0 unspecified atom stereocenters. The first kappa shape index (κ1) is 8.04. The van der Waals surface area contributed by atoms with Gasteiger partial charge in [-0.1, -0.05) is 0 Å². The molecule has 2 rings (SSSR count). The summed E-state index contributed by atoms with van der Waals surface area (Å²) in [6.45, 7) is 0. The number of carbonyl (C=O) groups excluding carboxylic acids is 2. The predicted molar refractivity (Wildman–Crippen MR) is 41.8 cm³/mol. The average molecular weight is 180 g/mol. The van der Waals surface area contributed by atoms with Crippen LogP contribution in [0.25, 0.3) is 0 Å². The van der Waals surface area contributed by atoms with E-state index in [9.17, 15) is 9.59 Å². The zero-order valence-electron chi connectivity index (χ0n) is 6.86. The van der Waals surface area contributed by atoms with E-state index in [-0.39, 0.29) is 18.8 Å². The second kappa shape index (κ2) is 3.05. The lowest BCUT2D eigenvalue weighted by atomic mass is 9.97. The van der Waals surface area contributed by atoms with Crippen molar-refractivity contribution in [3.05, 3.63) is 24.2 Å². The molecule has 0 saturated carbocycles. The van der Waals surface area contributed by atoms with Crippen molar-refractivity contribution in [2.24, 2.45) is 0 Å². The van der Waals surface area contributed by atoms with Crippen molar-refractivity contribution in [2.45, 2.75) is 18.8 Å². The lowest BCUT2D eigenvalue weighted by Crippen LogP contribution is -2.23. The Balaban J connectivity index is 2.16. The molecule has 0 bridgehead atoms. The number of rotatable bonds is 1. The molecule has 13 heavy (non-hydrogen) atoms. The smallest absolute Gasteiger partial charge is 0.314 e. The lowest BCUT2D eigenvalue weighted by Gasteiger charge is -2.17. The third-order valence-corrected chi connectivity index (χ3v) is 2.00. The van der Waals surface area contributed by atoms with Crippen LogP contribution in [-0.4, -0.2) is 11.9 Å². The van der Waals surface area contributed by atoms with E-state index in [4.69, 9.17) is 4.42 Å². The normalized spacial score (nSPS) is 18.8. The quantitative estimate of drug-likeness (QED) is 0.481. The Kier molecular flexibility index (Phi) is 1.88. The fourth-order valence-corrected chi connectivity index (χ4v) is 1.41. The average Bonchev–Trinajstić information content (AvgIpc) is 2.53. The molecule has 0 aliphatic carbocycles. The molecule has 1 aromatic rings. The standard InChI is InChI=1S/C9H8O4/c10-8-4-6(5-9(11)13-8)7-2-1-3-12-7/h1-3,6H,4-5H2. The van der Waals surface area contributed by atoms with E-state index in [2.05, 4.69) is 4.74 Å². The minimum Gasteiger partial charge on any atom is -0.469 e. The van der Waals surface area contributed by atoms with Gasteiger partial charge in [-0.05, 0) is 12.1 Å².